The van der Waals surface area contributed by atoms with E-state index in [0.29, 0.717) is 0 Å². The van der Waals surface area contributed by atoms with E-state index in [1.807, 2.05) is 0 Å². The fourth-order valence-corrected chi connectivity index (χ4v) is 2.32. The molecule has 0 radical (unpaired) electrons. The highest BCUT2D eigenvalue weighted by Gasteiger charge is 2.53. The Morgan fingerprint density at radius 1 is 1.33 bits per heavy atom. The first kappa shape index (κ1) is 15.8. The number of hydrogen-bond donors (Lipinski definition) is 5. The molecule has 1 heterocycles. The van der Waals surface area contributed by atoms with Gasteiger partial charge >= 0.3 is 0 Å². The summed E-state index contributed by atoms with van der Waals surface area (Å²) in [5, 5.41) is 38.4. The maximum atomic E-state index is 10.1. The Balaban J connectivity index is 2.49. The lowest BCUT2D eigenvalue weighted by molar-refractivity contribution is -0.236. The fourth-order valence-electron chi connectivity index (χ4n) is 2.32. The predicted molar refractivity (Wildman–Crippen MR) is 65.7 cm³/mol. The molecule has 5 atom stereocenters. The van der Waals surface area contributed by atoms with E-state index in [-0.39, 0.29) is 12.5 Å². The summed E-state index contributed by atoms with van der Waals surface area (Å²) in [6.07, 6.45) is 0.189. The number of aliphatic hydroxyl groups excluding tert-OH is 3. The standard InChI is InChI=1S/C12H25NO5/c1-2-3-4-5-8(13)6-12(17)11(16)10(15)9(7-14)18-12/h8-11,14-17H,2-7,13H2,1H3/t8?,9-,10+,11-,12-/m1/s1. The van der Waals surface area contributed by atoms with E-state index in [0.717, 1.165) is 25.7 Å². The van der Waals surface area contributed by atoms with Crippen LogP contribution in [0.1, 0.15) is 39.0 Å². The van der Waals surface area contributed by atoms with Crippen molar-refractivity contribution < 1.29 is 25.2 Å². The Morgan fingerprint density at radius 2 is 2.00 bits per heavy atom. The van der Waals surface area contributed by atoms with Gasteiger partial charge in [0.2, 0.25) is 0 Å². The highest BCUT2D eigenvalue weighted by atomic mass is 16.7. The van der Waals surface area contributed by atoms with Crippen LogP contribution in [-0.4, -0.2) is 57.2 Å². The molecule has 0 aliphatic carbocycles. The molecule has 1 rings (SSSR count). The van der Waals surface area contributed by atoms with Gasteiger partial charge in [-0.05, 0) is 6.42 Å². The van der Waals surface area contributed by atoms with Gasteiger partial charge in [-0.15, -0.1) is 0 Å². The summed E-state index contributed by atoms with van der Waals surface area (Å²) in [6, 6.07) is -0.305. The van der Waals surface area contributed by atoms with Crippen LogP contribution in [0, 0.1) is 0 Å². The van der Waals surface area contributed by atoms with E-state index in [1.54, 1.807) is 0 Å². The van der Waals surface area contributed by atoms with Crippen molar-refractivity contribution in [2.45, 2.75) is 69.2 Å². The van der Waals surface area contributed by atoms with Crippen molar-refractivity contribution in [3.05, 3.63) is 0 Å². The quantitative estimate of drug-likeness (QED) is 0.380. The summed E-state index contributed by atoms with van der Waals surface area (Å²) in [5.74, 6) is -1.86. The third-order valence-electron chi connectivity index (χ3n) is 3.44. The lowest BCUT2D eigenvalue weighted by atomic mass is 9.96. The zero-order valence-corrected chi connectivity index (χ0v) is 10.8. The van der Waals surface area contributed by atoms with Gasteiger partial charge in [0.25, 0.3) is 0 Å². The van der Waals surface area contributed by atoms with Gasteiger partial charge < -0.3 is 30.9 Å². The molecule has 6 heteroatoms. The molecule has 0 spiro atoms. The van der Waals surface area contributed by atoms with Crippen LogP contribution >= 0.6 is 0 Å². The molecule has 1 aliphatic rings. The van der Waals surface area contributed by atoms with Gasteiger partial charge in [0.05, 0.1) is 6.61 Å². The third kappa shape index (κ3) is 3.63. The molecule has 1 aliphatic heterocycles. The molecule has 108 valence electrons. The molecule has 0 amide bonds. The smallest absolute Gasteiger partial charge is 0.196 e. The Hall–Kier alpha value is -0.240. The van der Waals surface area contributed by atoms with Crippen LogP contribution in [0.2, 0.25) is 0 Å². The second-order valence-corrected chi connectivity index (χ2v) is 5.08. The van der Waals surface area contributed by atoms with Crippen molar-refractivity contribution in [1.29, 1.82) is 0 Å². The van der Waals surface area contributed by atoms with Gasteiger partial charge in [0.15, 0.2) is 5.79 Å². The fraction of sp³-hybridized carbons (Fsp3) is 1.00. The van der Waals surface area contributed by atoms with E-state index in [1.165, 1.54) is 0 Å². The lowest BCUT2D eigenvalue weighted by Gasteiger charge is -2.28. The van der Waals surface area contributed by atoms with E-state index in [2.05, 4.69) is 6.92 Å². The minimum atomic E-state index is -1.86. The molecule has 6 nitrogen and oxygen atoms in total. The third-order valence-corrected chi connectivity index (χ3v) is 3.44. The van der Waals surface area contributed by atoms with Crippen molar-refractivity contribution in [2.75, 3.05) is 6.61 Å². The van der Waals surface area contributed by atoms with Crippen LogP contribution in [0.4, 0.5) is 0 Å². The molecule has 1 unspecified atom stereocenters. The predicted octanol–water partition coefficient (Wildman–Crippen LogP) is -0.914. The largest absolute Gasteiger partial charge is 0.394 e. The van der Waals surface area contributed by atoms with Crippen molar-refractivity contribution >= 4 is 0 Å². The van der Waals surface area contributed by atoms with Crippen molar-refractivity contribution in [3.63, 3.8) is 0 Å². The van der Waals surface area contributed by atoms with Crippen LogP contribution in [0.25, 0.3) is 0 Å². The number of unbranched alkanes of at least 4 members (excludes halogenated alkanes) is 2. The Kier molecular flexibility index (Phi) is 5.97. The second kappa shape index (κ2) is 6.79. The molecule has 6 N–H and O–H groups in total. The molecular formula is C12H25NO5. The van der Waals surface area contributed by atoms with Crippen LogP contribution in [-0.2, 0) is 4.74 Å². The molecule has 0 aromatic heterocycles. The average Bonchev–Trinajstić information content (AvgIpc) is 2.54. The summed E-state index contributed by atoms with van der Waals surface area (Å²) >= 11 is 0. The summed E-state index contributed by atoms with van der Waals surface area (Å²) in [5.41, 5.74) is 5.88. The van der Waals surface area contributed by atoms with Crippen molar-refractivity contribution in [2.24, 2.45) is 5.73 Å². The first-order chi connectivity index (χ1) is 8.44. The lowest BCUT2D eigenvalue weighted by Crippen LogP contribution is -2.47. The molecule has 1 saturated heterocycles. The SMILES string of the molecule is CCCCCC(N)C[C@@]1(O)O[C@H](CO)[C@H](O)[C@H]1O. The summed E-state index contributed by atoms with van der Waals surface area (Å²) in [4.78, 5) is 0. The Bertz CT molecular complexity index is 253. The summed E-state index contributed by atoms with van der Waals surface area (Å²) in [6.45, 7) is 1.64. The van der Waals surface area contributed by atoms with Crippen molar-refractivity contribution in [3.8, 4) is 0 Å². The van der Waals surface area contributed by atoms with Crippen LogP contribution in [0.5, 0.6) is 0 Å². The van der Waals surface area contributed by atoms with E-state index in [9.17, 15) is 15.3 Å². The van der Waals surface area contributed by atoms with Gasteiger partial charge in [0.1, 0.15) is 18.3 Å². The number of rotatable bonds is 7. The van der Waals surface area contributed by atoms with Gasteiger partial charge in [0, 0.05) is 12.5 Å². The molecule has 0 aromatic rings. The number of nitrogens with two attached hydrogens (primary N) is 1. The molecule has 1 fully saturated rings. The monoisotopic (exact) mass is 263 g/mol. The van der Waals surface area contributed by atoms with Gasteiger partial charge in [-0.2, -0.15) is 0 Å². The van der Waals surface area contributed by atoms with Crippen LogP contribution in [0.15, 0.2) is 0 Å². The molecule has 18 heavy (non-hydrogen) atoms. The molecule has 0 aromatic carbocycles. The molecular weight excluding hydrogens is 238 g/mol. The summed E-state index contributed by atoms with van der Waals surface area (Å²) in [7, 11) is 0. The normalized spacial score (nSPS) is 38.0. The Morgan fingerprint density at radius 3 is 2.50 bits per heavy atom. The maximum Gasteiger partial charge on any atom is 0.196 e. The van der Waals surface area contributed by atoms with Gasteiger partial charge in [-0.3, -0.25) is 0 Å². The highest BCUT2D eigenvalue weighted by molar-refractivity contribution is 4.96. The maximum absolute atomic E-state index is 10.1. The zero-order chi connectivity index (χ0) is 13.8. The minimum absolute atomic E-state index is 0.0471. The number of hydrogen-bond acceptors (Lipinski definition) is 6. The molecule has 0 bridgehead atoms. The van der Waals surface area contributed by atoms with Gasteiger partial charge in [-0.25, -0.2) is 0 Å². The average molecular weight is 263 g/mol. The van der Waals surface area contributed by atoms with Crippen LogP contribution in [0.3, 0.4) is 0 Å². The summed E-state index contributed by atoms with van der Waals surface area (Å²) < 4.78 is 5.13. The number of aliphatic hydroxyl groups is 4. The van der Waals surface area contributed by atoms with Gasteiger partial charge in [-0.1, -0.05) is 26.2 Å². The highest BCUT2D eigenvalue weighted by Crippen LogP contribution is 2.33. The zero-order valence-electron chi connectivity index (χ0n) is 10.8. The molecule has 0 saturated carbocycles. The first-order valence-corrected chi connectivity index (χ1v) is 6.57. The van der Waals surface area contributed by atoms with E-state index >= 15 is 0 Å². The minimum Gasteiger partial charge on any atom is -0.394 e. The number of ether oxygens (including phenoxy) is 1. The topological polar surface area (TPSA) is 116 Å². The van der Waals surface area contributed by atoms with Crippen LogP contribution < -0.4 is 5.73 Å². The van der Waals surface area contributed by atoms with Crippen molar-refractivity contribution in [1.82, 2.24) is 0 Å². The van der Waals surface area contributed by atoms with E-state index < -0.39 is 30.7 Å². The van der Waals surface area contributed by atoms with E-state index in [4.69, 9.17) is 15.6 Å². The first-order valence-electron chi connectivity index (χ1n) is 6.57. The Labute approximate surface area is 107 Å². The second-order valence-electron chi connectivity index (χ2n) is 5.08.